The Hall–Kier alpha value is -2.89. The van der Waals surface area contributed by atoms with Gasteiger partial charge in [0.15, 0.2) is 0 Å². The van der Waals surface area contributed by atoms with Gasteiger partial charge >= 0.3 is 0 Å². The molecule has 0 radical (unpaired) electrons. The zero-order chi connectivity index (χ0) is 16.1. The van der Waals surface area contributed by atoms with Crippen molar-refractivity contribution in [2.24, 2.45) is 5.10 Å². The molecular weight excluding hydrogens is 282 g/mol. The monoisotopic (exact) mass is 299 g/mol. The van der Waals surface area contributed by atoms with Gasteiger partial charge in [-0.15, -0.1) is 0 Å². The third kappa shape index (κ3) is 3.41. The van der Waals surface area contributed by atoms with E-state index >= 15 is 0 Å². The quantitative estimate of drug-likeness (QED) is 0.499. The van der Waals surface area contributed by atoms with Gasteiger partial charge in [0.25, 0.3) is 5.69 Å². The number of phenols is 1. The predicted molar refractivity (Wildman–Crippen MR) is 86.4 cm³/mol. The number of nitro benzene ring substituents is 1. The van der Waals surface area contributed by atoms with Gasteiger partial charge in [-0.25, -0.2) is 0 Å². The highest BCUT2D eigenvalue weighted by molar-refractivity contribution is 6.03. The Morgan fingerprint density at radius 3 is 2.73 bits per heavy atom. The number of hydrazone groups is 1. The fourth-order valence-electron chi connectivity index (χ4n) is 2.07. The minimum Gasteiger partial charge on any atom is -0.507 e. The van der Waals surface area contributed by atoms with Crippen molar-refractivity contribution in [3.63, 3.8) is 0 Å². The number of para-hydroxylation sites is 2. The van der Waals surface area contributed by atoms with E-state index in [0.717, 1.165) is 5.56 Å². The summed E-state index contributed by atoms with van der Waals surface area (Å²) in [7, 11) is 0. The maximum atomic E-state index is 11.0. The van der Waals surface area contributed by atoms with Crippen LogP contribution in [0.15, 0.2) is 47.6 Å². The fourth-order valence-corrected chi connectivity index (χ4v) is 2.07. The summed E-state index contributed by atoms with van der Waals surface area (Å²) in [6.45, 7) is 3.83. The largest absolute Gasteiger partial charge is 0.507 e. The summed E-state index contributed by atoms with van der Waals surface area (Å²) < 4.78 is 0. The molecule has 0 atom stereocenters. The lowest BCUT2D eigenvalue weighted by Gasteiger charge is -2.09. The maximum Gasteiger partial charge on any atom is 0.294 e. The topological polar surface area (TPSA) is 87.8 Å². The van der Waals surface area contributed by atoms with Gasteiger partial charge in [-0.05, 0) is 31.5 Å². The Labute approximate surface area is 128 Å². The predicted octanol–water partition coefficient (Wildman–Crippen LogP) is 3.84. The van der Waals surface area contributed by atoms with Crippen LogP contribution in [-0.2, 0) is 0 Å². The molecule has 0 heterocycles. The van der Waals surface area contributed by atoms with Gasteiger partial charge in [0, 0.05) is 11.6 Å². The van der Waals surface area contributed by atoms with Gasteiger partial charge in [0.2, 0.25) is 0 Å². The number of nitrogens with zero attached hydrogens (tertiary/aromatic N) is 2. The average Bonchev–Trinajstić information content (AvgIpc) is 2.51. The van der Waals surface area contributed by atoms with Crippen LogP contribution in [0, 0.1) is 17.0 Å². The minimum absolute atomic E-state index is 0.0461. The molecule has 0 saturated carbocycles. The van der Waals surface area contributed by atoms with Crippen LogP contribution in [0.25, 0.3) is 0 Å². The smallest absolute Gasteiger partial charge is 0.294 e. The van der Waals surface area contributed by atoms with E-state index in [0.29, 0.717) is 23.4 Å². The number of rotatable bonds is 5. The van der Waals surface area contributed by atoms with Crippen molar-refractivity contribution in [1.29, 1.82) is 0 Å². The van der Waals surface area contributed by atoms with E-state index in [4.69, 9.17) is 0 Å². The molecule has 0 saturated heterocycles. The highest BCUT2D eigenvalue weighted by atomic mass is 16.6. The van der Waals surface area contributed by atoms with Crippen molar-refractivity contribution in [3.8, 4) is 5.75 Å². The van der Waals surface area contributed by atoms with Crippen LogP contribution in [0.5, 0.6) is 5.75 Å². The second-order valence-corrected chi connectivity index (χ2v) is 4.82. The van der Waals surface area contributed by atoms with E-state index in [9.17, 15) is 15.2 Å². The molecule has 0 aliphatic carbocycles. The molecule has 0 aromatic heterocycles. The van der Waals surface area contributed by atoms with Gasteiger partial charge in [-0.2, -0.15) is 5.10 Å². The Morgan fingerprint density at radius 1 is 1.32 bits per heavy atom. The second-order valence-electron chi connectivity index (χ2n) is 4.82. The standard InChI is InChI=1S/C16H17N3O3/c1-3-13(12-10-11(2)8-9-16(12)20)17-18-14-6-4-5-7-15(14)19(21)22/h4-10,18,20H,3H2,1-2H3/b17-13+. The highest BCUT2D eigenvalue weighted by Crippen LogP contribution is 2.24. The number of anilines is 1. The molecule has 2 rings (SSSR count). The van der Waals surface area contributed by atoms with Gasteiger partial charge in [0.1, 0.15) is 11.4 Å². The molecule has 2 aromatic carbocycles. The number of nitro groups is 1. The van der Waals surface area contributed by atoms with Gasteiger partial charge in [-0.3, -0.25) is 15.5 Å². The third-order valence-electron chi connectivity index (χ3n) is 3.21. The van der Waals surface area contributed by atoms with Crippen molar-refractivity contribution < 1.29 is 10.0 Å². The second kappa shape index (κ2) is 6.71. The van der Waals surface area contributed by atoms with Crippen molar-refractivity contribution in [3.05, 3.63) is 63.7 Å². The molecule has 0 amide bonds. The average molecular weight is 299 g/mol. The summed E-state index contributed by atoms with van der Waals surface area (Å²) in [5, 5.41) is 25.2. The van der Waals surface area contributed by atoms with Crippen molar-refractivity contribution in [2.45, 2.75) is 20.3 Å². The van der Waals surface area contributed by atoms with Crippen molar-refractivity contribution >= 4 is 17.1 Å². The molecule has 6 heteroatoms. The molecule has 6 nitrogen and oxygen atoms in total. The molecule has 0 bridgehead atoms. The zero-order valence-corrected chi connectivity index (χ0v) is 12.4. The Kier molecular flexibility index (Phi) is 4.73. The number of aromatic hydroxyl groups is 1. The maximum absolute atomic E-state index is 11.0. The number of benzene rings is 2. The number of phenolic OH excluding ortho intramolecular Hbond substituents is 1. The van der Waals surface area contributed by atoms with E-state index in [1.165, 1.54) is 6.07 Å². The summed E-state index contributed by atoms with van der Waals surface area (Å²) in [6.07, 6.45) is 0.574. The van der Waals surface area contributed by atoms with Crippen molar-refractivity contribution in [1.82, 2.24) is 0 Å². The first-order chi connectivity index (χ1) is 10.5. The first-order valence-electron chi connectivity index (χ1n) is 6.89. The number of nitrogens with one attached hydrogen (secondary N) is 1. The van der Waals surface area contributed by atoms with E-state index in [1.54, 1.807) is 24.3 Å². The van der Waals surface area contributed by atoms with Crippen LogP contribution in [0.1, 0.15) is 24.5 Å². The summed E-state index contributed by atoms with van der Waals surface area (Å²) in [6, 6.07) is 11.5. The van der Waals surface area contributed by atoms with E-state index in [1.807, 2.05) is 26.0 Å². The molecule has 114 valence electrons. The van der Waals surface area contributed by atoms with Gasteiger partial charge < -0.3 is 5.11 Å². The van der Waals surface area contributed by atoms with Crippen molar-refractivity contribution in [2.75, 3.05) is 5.43 Å². The third-order valence-corrected chi connectivity index (χ3v) is 3.21. The normalized spacial score (nSPS) is 11.3. The lowest BCUT2D eigenvalue weighted by molar-refractivity contribution is -0.384. The zero-order valence-electron chi connectivity index (χ0n) is 12.4. The lowest BCUT2D eigenvalue weighted by Crippen LogP contribution is -2.05. The van der Waals surface area contributed by atoms with Gasteiger partial charge in [0.05, 0.1) is 10.6 Å². The SMILES string of the molecule is CC/C(=N\Nc1ccccc1[N+](=O)[O-])c1cc(C)ccc1O. The number of hydrogen-bond acceptors (Lipinski definition) is 5. The summed E-state index contributed by atoms with van der Waals surface area (Å²) in [4.78, 5) is 10.5. The van der Waals surface area contributed by atoms with E-state index in [2.05, 4.69) is 10.5 Å². The first kappa shape index (κ1) is 15.5. The van der Waals surface area contributed by atoms with Crippen LogP contribution >= 0.6 is 0 Å². The lowest BCUT2D eigenvalue weighted by atomic mass is 10.0. The summed E-state index contributed by atoms with van der Waals surface area (Å²) in [5.74, 6) is 0.135. The molecule has 0 aliphatic heterocycles. The summed E-state index contributed by atoms with van der Waals surface area (Å²) >= 11 is 0. The highest BCUT2D eigenvalue weighted by Gasteiger charge is 2.13. The number of hydrogen-bond donors (Lipinski definition) is 2. The molecule has 0 fully saturated rings. The molecule has 0 spiro atoms. The van der Waals surface area contributed by atoms with Crippen LogP contribution < -0.4 is 5.43 Å². The Bertz CT molecular complexity index is 726. The molecular formula is C16H17N3O3. The van der Waals surface area contributed by atoms with Crippen LogP contribution in [0.4, 0.5) is 11.4 Å². The first-order valence-corrected chi connectivity index (χ1v) is 6.89. The number of aryl methyl sites for hydroxylation is 1. The molecule has 0 aliphatic rings. The van der Waals surface area contributed by atoms with Crippen LogP contribution in [0.3, 0.4) is 0 Å². The molecule has 22 heavy (non-hydrogen) atoms. The van der Waals surface area contributed by atoms with Crippen LogP contribution in [0.2, 0.25) is 0 Å². The molecule has 0 unspecified atom stereocenters. The fraction of sp³-hybridized carbons (Fsp3) is 0.188. The summed E-state index contributed by atoms with van der Waals surface area (Å²) in [5.41, 5.74) is 5.23. The Morgan fingerprint density at radius 2 is 2.05 bits per heavy atom. The molecule has 2 aromatic rings. The molecule has 2 N–H and O–H groups in total. The van der Waals surface area contributed by atoms with Gasteiger partial charge in [-0.1, -0.05) is 30.7 Å². The minimum atomic E-state index is -0.465. The Balaban J connectivity index is 2.35. The van der Waals surface area contributed by atoms with Crippen LogP contribution in [-0.4, -0.2) is 15.7 Å². The van der Waals surface area contributed by atoms with E-state index < -0.39 is 4.92 Å². The van der Waals surface area contributed by atoms with E-state index in [-0.39, 0.29) is 11.4 Å².